The van der Waals surface area contributed by atoms with Crippen LogP contribution in [-0.4, -0.2) is 17.7 Å². The Morgan fingerprint density at radius 3 is 1.97 bits per heavy atom. The fraction of sp³-hybridized carbons (Fsp3) is 0.206. The Morgan fingerprint density at radius 1 is 0.795 bits per heavy atom. The van der Waals surface area contributed by atoms with Crippen LogP contribution in [0, 0.1) is 11.3 Å². The average molecular weight is 513 g/mol. The van der Waals surface area contributed by atoms with Crippen LogP contribution in [0.25, 0.3) is 0 Å². The van der Waals surface area contributed by atoms with E-state index in [4.69, 9.17) is 0 Å². The summed E-state index contributed by atoms with van der Waals surface area (Å²) in [5, 5.41) is 2.98. The third-order valence-electron chi connectivity index (χ3n) is 9.05. The first-order valence-electron chi connectivity index (χ1n) is 13.5. The molecule has 1 heterocycles. The van der Waals surface area contributed by atoms with Gasteiger partial charge in [-0.3, -0.25) is 14.4 Å². The largest absolute Gasteiger partial charge is 0.322 e. The van der Waals surface area contributed by atoms with Gasteiger partial charge in [0.05, 0.1) is 17.0 Å². The highest BCUT2D eigenvalue weighted by Crippen LogP contribution is 2.67. The predicted octanol–water partition coefficient (Wildman–Crippen LogP) is 6.29. The third kappa shape index (κ3) is 3.16. The second-order valence-electron chi connectivity index (χ2n) is 10.9. The van der Waals surface area contributed by atoms with Crippen molar-refractivity contribution in [1.29, 1.82) is 0 Å². The molecule has 5 nitrogen and oxygen atoms in total. The quantitative estimate of drug-likeness (QED) is 0.327. The van der Waals surface area contributed by atoms with E-state index < -0.39 is 11.3 Å². The lowest BCUT2D eigenvalue weighted by atomic mass is 9.48. The number of anilines is 2. The number of nitrogens with one attached hydrogen (secondary N) is 1. The Kier molecular flexibility index (Phi) is 5.14. The zero-order valence-corrected chi connectivity index (χ0v) is 21.8. The molecule has 3 amide bonds. The molecule has 4 aromatic rings. The lowest BCUT2D eigenvalue weighted by molar-refractivity contribution is -0.128. The second-order valence-corrected chi connectivity index (χ2v) is 10.9. The topological polar surface area (TPSA) is 66.5 Å². The third-order valence-corrected chi connectivity index (χ3v) is 9.05. The van der Waals surface area contributed by atoms with Gasteiger partial charge in [0.25, 0.3) is 5.91 Å². The fourth-order valence-corrected chi connectivity index (χ4v) is 7.27. The Morgan fingerprint density at radius 2 is 1.36 bits per heavy atom. The molecule has 0 unspecified atom stereocenters. The van der Waals surface area contributed by atoms with E-state index in [9.17, 15) is 14.4 Å². The van der Waals surface area contributed by atoms with Gasteiger partial charge in [0, 0.05) is 23.1 Å². The van der Waals surface area contributed by atoms with E-state index in [2.05, 4.69) is 29.6 Å². The standard InChI is InChI=1S/C34H28N2O3/c1-3-20-10-4-9-15-27(20)35-31(37)21-16-18-22(19-17-21)36-32(38)30-28-23-11-5-7-13-25(23)29(34(30,2)33(36)39)26-14-8-6-12-24(26)28/h4-19,28-30H,3H2,1-2H3,(H,35,37)/t28?,29?,30-,34-/m1/s1. The monoisotopic (exact) mass is 512 g/mol. The first-order valence-corrected chi connectivity index (χ1v) is 13.5. The highest BCUT2D eigenvalue weighted by molar-refractivity contribution is 6.25. The van der Waals surface area contributed by atoms with Crippen LogP contribution in [0.2, 0.25) is 0 Å². The number of rotatable bonds is 4. The second kappa shape index (κ2) is 8.50. The number of hydrogen-bond acceptors (Lipinski definition) is 3. The number of nitrogens with zero attached hydrogens (tertiary/aromatic N) is 1. The number of benzene rings is 4. The number of hydrogen-bond donors (Lipinski definition) is 1. The molecule has 8 rings (SSSR count). The molecule has 1 N–H and O–H groups in total. The normalized spacial score (nSPS) is 24.3. The maximum Gasteiger partial charge on any atom is 0.255 e. The molecule has 5 heteroatoms. The van der Waals surface area contributed by atoms with Crippen LogP contribution >= 0.6 is 0 Å². The molecule has 1 saturated heterocycles. The highest BCUT2D eigenvalue weighted by Gasteiger charge is 2.68. The molecular weight excluding hydrogens is 484 g/mol. The van der Waals surface area contributed by atoms with Crippen molar-refractivity contribution >= 4 is 29.1 Å². The van der Waals surface area contributed by atoms with Crippen LogP contribution in [0.4, 0.5) is 11.4 Å². The molecule has 3 aliphatic carbocycles. The molecule has 0 radical (unpaired) electrons. The van der Waals surface area contributed by atoms with Gasteiger partial charge in [0.1, 0.15) is 0 Å². The number of aryl methyl sites for hydroxylation is 1. The predicted molar refractivity (Wildman–Crippen MR) is 151 cm³/mol. The smallest absolute Gasteiger partial charge is 0.255 e. The summed E-state index contributed by atoms with van der Waals surface area (Å²) >= 11 is 0. The van der Waals surface area contributed by atoms with E-state index >= 15 is 0 Å². The number of carbonyl (C=O) groups excluding carboxylic acids is 3. The van der Waals surface area contributed by atoms with Crippen LogP contribution in [0.3, 0.4) is 0 Å². The van der Waals surface area contributed by atoms with E-state index in [1.165, 1.54) is 4.90 Å². The summed E-state index contributed by atoms with van der Waals surface area (Å²) < 4.78 is 0. The molecule has 4 aromatic carbocycles. The molecule has 1 fully saturated rings. The molecule has 2 atom stereocenters. The Bertz CT molecular complexity index is 1630. The first-order chi connectivity index (χ1) is 18.9. The molecule has 1 aliphatic heterocycles. The molecule has 2 bridgehead atoms. The Labute approximate surface area is 227 Å². The lowest BCUT2D eigenvalue weighted by Crippen LogP contribution is -2.49. The lowest BCUT2D eigenvalue weighted by Gasteiger charge is -2.51. The van der Waals surface area contributed by atoms with Crippen molar-refractivity contribution < 1.29 is 14.4 Å². The maximum atomic E-state index is 14.2. The van der Waals surface area contributed by atoms with Gasteiger partial charge in [-0.2, -0.15) is 0 Å². The fourth-order valence-electron chi connectivity index (χ4n) is 7.27. The van der Waals surface area contributed by atoms with Gasteiger partial charge < -0.3 is 5.32 Å². The van der Waals surface area contributed by atoms with Gasteiger partial charge in [0.2, 0.25) is 11.8 Å². The molecular formula is C34H28N2O3. The first kappa shape index (κ1) is 23.6. The number of imide groups is 1. The van der Waals surface area contributed by atoms with Crippen molar-refractivity contribution in [3.63, 3.8) is 0 Å². The van der Waals surface area contributed by atoms with Crippen molar-refractivity contribution in [2.45, 2.75) is 32.1 Å². The van der Waals surface area contributed by atoms with Crippen LogP contribution in [0.1, 0.15) is 63.9 Å². The van der Waals surface area contributed by atoms with Crippen LogP contribution in [-0.2, 0) is 16.0 Å². The molecule has 39 heavy (non-hydrogen) atoms. The number of amides is 3. The van der Waals surface area contributed by atoms with Crippen molar-refractivity contribution in [3.8, 4) is 0 Å². The number of carbonyl (C=O) groups is 3. The summed E-state index contributed by atoms with van der Waals surface area (Å²) in [7, 11) is 0. The van der Waals surface area contributed by atoms with Gasteiger partial charge in [-0.15, -0.1) is 0 Å². The Balaban J connectivity index is 1.24. The van der Waals surface area contributed by atoms with E-state index in [-0.39, 0.29) is 29.6 Å². The Hall–Kier alpha value is -4.51. The van der Waals surface area contributed by atoms with E-state index in [1.807, 2.05) is 62.4 Å². The van der Waals surface area contributed by atoms with Gasteiger partial charge in [-0.05, 0) is 71.5 Å². The van der Waals surface area contributed by atoms with Crippen LogP contribution in [0.5, 0.6) is 0 Å². The summed E-state index contributed by atoms with van der Waals surface area (Å²) in [6.07, 6.45) is 0.810. The maximum absolute atomic E-state index is 14.2. The molecule has 0 aromatic heterocycles. The van der Waals surface area contributed by atoms with Crippen LogP contribution in [0.15, 0.2) is 97.1 Å². The minimum atomic E-state index is -0.885. The van der Waals surface area contributed by atoms with Gasteiger partial charge in [-0.1, -0.05) is 73.7 Å². The average Bonchev–Trinajstić information content (AvgIpc) is 3.18. The van der Waals surface area contributed by atoms with E-state index in [0.29, 0.717) is 11.3 Å². The van der Waals surface area contributed by atoms with E-state index in [0.717, 1.165) is 39.9 Å². The molecule has 192 valence electrons. The van der Waals surface area contributed by atoms with Crippen molar-refractivity contribution in [1.82, 2.24) is 0 Å². The molecule has 0 spiro atoms. The summed E-state index contributed by atoms with van der Waals surface area (Å²) in [6, 6.07) is 31.0. The summed E-state index contributed by atoms with van der Waals surface area (Å²) in [6.45, 7) is 4.01. The van der Waals surface area contributed by atoms with Crippen molar-refractivity contribution in [2.75, 3.05) is 10.2 Å². The summed E-state index contributed by atoms with van der Waals surface area (Å²) in [5.41, 5.74) is 6.49. The van der Waals surface area contributed by atoms with Gasteiger partial charge in [0.15, 0.2) is 0 Å². The van der Waals surface area contributed by atoms with Crippen LogP contribution < -0.4 is 10.2 Å². The zero-order valence-electron chi connectivity index (χ0n) is 21.8. The van der Waals surface area contributed by atoms with Crippen molar-refractivity contribution in [2.24, 2.45) is 11.3 Å². The minimum absolute atomic E-state index is 0.169. The highest BCUT2D eigenvalue weighted by atomic mass is 16.2. The van der Waals surface area contributed by atoms with E-state index in [1.54, 1.807) is 24.3 Å². The molecule has 0 saturated carbocycles. The minimum Gasteiger partial charge on any atom is -0.322 e. The number of para-hydroxylation sites is 1. The van der Waals surface area contributed by atoms with Crippen molar-refractivity contribution in [3.05, 3.63) is 130 Å². The summed E-state index contributed by atoms with van der Waals surface area (Å²) in [4.78, 5) is 42.7. The zero-order chi connectivity index (χ0) is 26.9. The molecule has 4 aliphatic rings. The van der Waals surface area contributed by atoms with Gasteiger partial charge in [-0.25, -0.2) is 4.90 Å². The van der Waals surface area contributed by atoms with Gasteiger partial charge >= 0.3 is 0 Å². The SMILES string of the molecule is CCc1ccccc1NC(=O)c1ccc(N2C(=O)[C@H]3C4c5ccccc5C(c5ccccc54)[C@@]3(C)C2=O)cc1. The summed E-state index contributed by atoms with van der Waals surface area (Å²) in [5.74, 6) is -1.41.